The highest BCUT2D eigenvalue weighted by Crippen LogP contribution is 2.44. The number of thioether (sulfide) groups is 1. The van der Waals surface area contributed by atoms with Crippen LogP contribution in [0.2, 0.25) is 5.02 Å². The first-order valence-electron chi connectivity index (χ1n) is 15.0. The van der Waals surface area contributed by atoms with Gasteiger partial charge in [-0.25, -0.2) is 4.98 Å². The van der Waals surface area contributed by atoms with Gasteiger partial charge < -0.3 is 14.2 Å². The highest BCUT2D eigenvalue weighted by Gasteiger charge is 2.49. The summed E-state index contributed by atoms with van der Waals surface area (Å²) in [6.07, 6.45) is 1.84. The van der Waals surface area contributed by atoms with Crippen LogP contribution in [0.5, 0.6) is 5.75 Å². The Hall–Kier alpha value is -4.97. The zero-order chi connectivity index (χ0) is 33.4. The van der Waals surface area contributed by atoms with Crippen LogP contribution in [0.25, 0.3) is 11.4 Å². The van der Waals surface area contributed by atoms with E-state index in [1.54, 1.807) is 24.3 Å². The summed E-state index contributed by atoms with van der Waals surface area (Å²) < 4.78 is 8.46. The van der Waals surface area contributed by atoms with Crippen molar-refractivity contribution in [2.75, 3.05) is 4.90 Å². The largest absolute Gasteiger partial charge is 0.505 e. The Morgan fingerprint density at radius 1 is 0.938 bits per heavy atom. The van der Waals surface area contributed by atoms with E-state index in [1.807, 2.05) is 91.2 Å². The molecule has 3 aromatic carbocycles. The van der Waals surface area contributed by atoms with E-state index in [0.717, 1.165) is 16.7 Å². The minimum atomic E-state index is -0.986. The lowest BCUT2D eigenvalue weighted by Crippen LogP contribution is -2.29. The molecule has 3 aromatic heterocycles. The van der Waals surface area contributed by atoms with E-state index in [9.17, 15) is 14.7 Å². The molecule has 240 valence electrons. The molecule has 1 fully saturated rings. The number of fused-ring (bicyclic) bond motifs is 1. The summed E-state index contributed by atoms with van der Waals surface area (Å²) >= 11 is 8.69. The van der Waals surface area contributed by atoms with Crippen LogP contribution in [0.4, 0.5) is 5.13 Å². The number of anilines is 1. The van der Waals surface area contributed by atoms with Crippen molar-refractivity contribution in [2.45, 2.75) is 36.6 Å². The lowest BCUT2D eigenvalue weighted by atomic mass is 9.96. The minimum absolute atomic E-state index is 0.0762. The number of halogens is 1. The van der Waals surface area contributed by atoms with Gasteiger partial charge in [-0.3, -0.25) is 14.5 Å². The summed E-state index contributed by atoms with van der Waals surface area (Å²) in [6.45, 7) is 4.11. The van der Waals surface area contributed by atoms with Crippen molar-refractivity contribution in [3.63, 3.8) is 0 Å². The molecule has 1 unspecified atom stereocenters. The Morgan fingerprint density at radius 2 is 1.69 bits per heavy atom. The van der Waals surface area contributed by atoms with Crippen LogP contribution in [-0.4, -0.2) is 36.4 Å². The number of carbonyl (C=O) groups excluding carboxylic acids is 2. The highest BCUT2D eigenvalue weighted by molar-refractivity contribution is 8.00. The number of aryl methyl sites for hydroxylation is 2. The third-order valence-corrected chi connectivity index (χ3v) is 10.5. The third kappa shape index (κ3) is 6.08. The molecule has 1 amide bonds. The fourth-order valence-electron chi connectivity index (χ4n) is 5.59. The Labute approximate surface area is 289 Å². The number of aromatic nitrogens is 4. The van der Waals surface area contributed by atoms with Gasteiger partial charge in [0.15, 0.2) is 10.1 Å². The van der Waals surface area contributed by atoms with Crippen LogP contribution in [0.3, 0.4) is 0 Å². The number of ketones is 1. The van der Waals surface area contributed by atoms with Crippen molar-refractivity contribution in [3.05, 3.63) is 141 Å². The van der Waals surface area contributed by atoms with Crippen LogP contribution in [-0.2, 0) is 21.9 Å². The van der Waals surface area contributed by atoms with Crippen molar-refractivity contribution in [1.82, 2.24) is 19.6 Å². The maximum absolute atomic E-state index is 13.8. The topological polar surface area (TPSA) is 110 Å². The number of Topliss-reactive ketones (excluding diaryl/α,β-unsaturated/α-hetero) is 1. The van der Waals surface area contributed by atoms with Gasteiger partial charge in [-0.2, -0.15) is 0 Å². The number of ether oxygens (including phenoxy) is 1. The monoisotopic (exact) mass is 693 g/mol. The van der Waals surface area contributed by atoms with Gasteiger partial charge >= 0.3 is 5.91 Å². The van der Waals surface area contributed by atoms with E-state index in [2.05, 4.69) is 15.2 Å². The van der Waals surface area contributed by atoms with Gasteiger partial charge in [0.1, 0.15) is 23.7 Å². The molecule has 48 heavy (non-hydrogen) atoms. The van der Waals surface area contributed by atoms with Crippen molar-refractivity contribution < 1.29 is 19.4 Å². The van der Waals surface area contributed by atoms with Crippen molar-refractivity contribution in [3.8, 4) is 5.75 Å². The van der Waals surface area contributed by atoms with E-state index >= 15 is 0 Å². The molecule has 0 spiro atoms. The number of hydrogen-bond donors (Lipinski definition) is 1. The van der Waals surface area contributed by atoms with Gasteiger partial charge in [0.05, 0.1) is 17.3 Å². The van der Waals surface area contributed by atoms with Crippen molar-refractivity contribution in [2.24, 2.45) is 0 Å². The number of nitrogens with zero attached hydrogens (tertiary/aromatic N) is 5. The van der Waals surface area contributed by atoms with E-state index in [4.69, 9.17) is 16.3 Å². The number of benzene rings is 3. The number of carbonyl (C=O) groups is 2. The SMILES string of the molecule is Cc1cccn2c(C)c(/C(O)=C3\C(=O)C(=O)N(c4nnc(SCc5ccc(Cl)cc5)s4)C3c3ccc(OCc4ccccc4)cc3)nc12. The van der Waals surface area contributed by atoms with Crippen LogP contribution < -0.4 is 9.64 Å². The molecule has 0 aliphatic carbocycles. The summed E-state index contributed by atoms with van der Waals surface area (Å²) in [7, 11) is 0. The summed E-state index contributed by atoms with van der Waals surface area (Å²) in [5.41, 5.74) is 5.00. The fourth-order valence-corrected chi connectivity index (χ4v) is 7.54. The molecule has 1 atom stereocenters. The first-order valence-corrected chi connectivity index (χ1v) is 17.2. The van der Waals surface area contributed by atoms with E-state index < -0.39 is 17.7 Å². The van der Waals surface area contributed by atoms with Gasteiger partial charge in [-0.1, -0.05) is 95.4 Å². The molecule has 0 saturated carbocycles. The number of aliphatic hydroxyl groups is 1. The van der Waals surface area contributed by atoms with Crippen LogP contribution in [0, 0.1) is 13.8 Å². The van der Waals surface area contributed by atoms with Crippen LogP contribution in [0.1, 0.15) is 39.7 Å². The van der Waals surface area contributed by atoms with Gasteiger partial charge in [0, 0.05) is 17.0 Å². The number of pyridine rings is 1. The number of aliphatic hydroxyl groups excluding tert-OH is 1. The Balaban J connectivity index is 1.26. The van der Waals surface area contributed by atoms with Gasteiger partial charge in [0.25, 0.3) is 5.78 Å². The van der Waals surface area contributed by atoms with E-state index in [0.29, 0.717) is 44.4 Å². The van der Waals surface area contributed by atoms with E-state index in [-0.39, 0.29) is 22.2 Å². The fraction of sp³-hybridized carbons (Fsp3) is 0.139. The predicted molar refractivity (Wildman–Crippen MR) is 188 cm³/mol. The summed E-state index contributed by atoms with van der Waals surface area (Å²) in [5.74, 6) is -0.768. The number of rotatable bonds is 9. The zero-order valence-corrected chi connectivity index (χ0v) is 28.2. The molecule has 1 aliphatic heterocycles. The molecular weight excluding hydrogens is 666 g/mol. The smallest absolute Gasteiger partial charge is 0.301 e. The van der Waals surface area contributed by atoms with E-state index in [1.165, 1.54) is 28.0 Å². The molecule has 6 aromatic rings. The second-order valence-electron chi connectivity index (χ2n) is 11.2. The Bertz CT molecular complexity index is 2180. The van der Waals surface area contributed by atoms with Crippen molar-refractivity contribution >= 4 is 62.9 Å². The minimum Gasteiger partial charge on any atom is -0.505 e. The van der Waals surface area contributed by atoms with Gasteiger partial charge in [0.2, 0.25) is 5.13 Å². The third-order valence-electron chi connectivity index (χ3n) is 8.07. The Kier molecular flexibility index (Phi) is 8.74. The number of imidazole rings is 1. The molecule has 9 nitrogen and oxygen atoms in total. The second kappa shape index (κ2) is 13.3. The van der Waals surface area contributed by atoms with Gasteiger partial charge in [-0.15, -0.1) is 10.2 Å². The molecule has 0 radical (unpaired) electrons. The molecular formula is C36H28ClN5O4S2. The average molecular weight is 694 g/mol. The molecule has 0 bridgehead atoms. The molecule has 12 heteroatoms. The average Bonchev–Trinajstić information content (AvgIpc) is 3.79. The maximum Gasteiger partial charge on any atom is 0.301 e. The molecule has 7 rings (SSSR count). The predicted octanol–water partition coefficient (Wildman–Crippen LogP) is 7.95. The first-order chi connectivity index (χ1) is 23.3. The molecule has 1 saturated heterocycles. The maximum atomic E-state index is 13.8. The highest BCUT2D eigenvalue weighted by atomic mass is 35.5. The number of hydrogen-bond acceptors (Lipinski definition) is 9. The molecule has 1 N–H and O–H groups in total. The van der Waals surface area contributed by atoms with Gasteiger partial charge in [-0.05, 0) is 66.4 Å². The normalized spacial score (nSPS) is 15.8. The zero-order valence-electron chi connectivity index (χ0n) is 25.8. The molecule has 4 heterocycles. The molecule has 1 aliphatic rings. The number of amides is 1. The Morgan fingerprint density at radius 3 is 2.42 bits per heavy atom. The summed E-state index contributed by atoms with van der Waals surface area (Å²) in [5, 5.41) is 21.3. The standard InChI is InChI=1S/C36H28ClN5O4S2/c1-21-7-6-18-41-22(2)29(38-33(21)41)31(43)28-30(25-12-16-27(17-13-25)46-19-23-8-4-3-5-9-23)42(34(45)32(28)44)35-39-40-36(48-35)47-20-24-10-14-26(37)15-11-24/h3-18,30,43H,19-20H2,1-2H3/b31-28+. The summed E-state index contributed by atoms with van der Waals surface area (Å²) in [4.78, 5) is 33.6. The first kappa shape index (κ1) is 31.6. The van der Waals surface area contributed by atoms with Crippen molar-refractivity contribution in [1.29, 1.82) is 0 Å². The quantitative estimate of drug-likeness (QED) is 0.0534. The lowest BCUT2D eigenvalue weighted by Gasteiger charge is -2.22. The second-order valence-corrected chi connectivity index (χ2v) is 13.8. The summed E-state index contributed by atoms with van der Waals surface area (Å²) in [6, 6.07) is 27.3. The van der Waals surface area contributed by atoms with Crippen LogP contribution >= 0.6 is 34.7 Å². The lowest BCUT2D eigenvalue weighted by molar-refractivity contribution is -0.132. The van der Waals surface area contributed by atoms with Crippen LogP contribution in [0.15, 0.2) is 107 Å².